The Balaban J connectivity index is 2.59. The lowest BCUT2D eigenvalue weighted by Crippen LogP contribution is -2.31. The van der Waals surface area contributed by atoms with E-state index in [0.29, 0.717) is 5.56 Å². The third kappa shape index (κ3) is 5.12. The third-order valence-electron chi connectivity index (χ3n) is 2.13. The second-order valence-electron chi connectivity index (χ2n) is 4.19. The van der Waals surface area contributed by atoms with Crippen LogP contribution >= 0.6 is 23.3 Å². The van der Waals surface area contributed by atoms with Crippen molar-refractivity contribution in [3.8, 4) is 0 Å². The number of nitrogens with two attached hydrogens (primary N) is 1. The molecule has 0 saturated carbocycles. The number of hydrogen-bond donors (Lipinski definition) is 3. The second-order valence-corrected chi connectivity index (χ2v) is 6.11. The van der Waals surface area contributed by atoms with Gasteiger partial charge < -0.3 is 16.4 Å². The van der Waals surface area contributed by atoms with E-state index in [4.69, 9.17) is 5.73 Å². The molecule has 0 aromatic carbocycles. The van der Waals surface area contributed by atoms with Gasteiger partial charge in [0.2, 0.25) is 0 Å². The van der Waals surface area contributed by atoms with Crippen molar-refractivity contribution in [2.24, 2.45) is 0 Å². The first-order valence-corrected chi connectivity index (χ1v) is 7.97. The SMILES string of the molecule is C=CCSCCNc1snc(N)c1C(=O)NC(C)C. The van der Waals surface area contributed by atoms with Crippen LogP contribution in [0.3, 0.4) is 0 Å². The van der Waals surface area contributed by atoms with Gasteiger partial charge in [0.05, 0.1) is 0 Å². The number of rotatable bonds is 8. The molecular formula is C12H20N4OS2. The lowest BCUT2D eigenvalue weighted by molar-refractivity contribution is 0.0945. The van der Waals surface area contributed by atoms with Crippen LogP contribution in [0.2, 0.25) is 0 Å². The molecule has 0 aliphatic heterocycles. The summed E-state index contributed by atoms with van der Waals surface area (Å²) in [5, 5.41) is 6.76. The zero-order valence-electron chi connectivity index (χ0n) is 11.2. The van der Waals surface area contributed by atoms with Gasteiger partial charge in [0.25, 0.3) is 5.91 Å². The molecule has 0 aliphatic rings. The van der Waals surface area contributed by atoms with E-state index in [1.165, 1.54) is 11.5 Å². The zero-order chi connectivity index (χ0) is 14.3. The van der Waals surface area contributed by atoms with Crippen molar-refractivity contribution < 1.29 is 4.79 Å². The Morgan fingerprint density at radius 1 is 1.63 bits per heavy atom. The molecule has 0 atom stereocenters. The van der Waals surface area contributed by atoms with Crippen molar-refractivity contribution in [1.29, 1.82) is 0 Å². The molecule has 0 unspecified atom stereocenters. The molecule has 1 aromatic rings. The summed E-state index contributed by atoms with van der Waals surface area (Å²) in [4.78, 5) is 12.0. The van der Waals surface area contributed by atoms with Crippen LogP contribution in [-0.2, 0) is 0 Å². The second kappa shape index (κ2) is 8.06. The van der Waals surface area contributed by atoms with Crippen LogP contribution in [0.4, 0.5) is 10.8 Å². The molecule has 1 aromatic heterocycles. The van der Waals surface area contributed by atoms with Gasteiger partial charge >= 0.3 is 0 Å². The first-order valence-electron chi connectivity index (χ1n) is 6.04. The number of aromatic nitrogens is 1. The molecule has 0 fully saturated rings. The van der Waals surface area contributed by atoms with Crippen molar-refractivity contribution in [2.45, 2.75) is 19.9 Å². The highest BCUT2D eigenvalue weighted by molar-refractivity contribution is 7.99. The first-order chi connectivity index (χ1) is 9.06. The minimum Gasteiger partial charge on any atom is -0.382 e. The van der Waals surface area contributed by atoms with Crippen molar-refractivity contribution in [1.82, 2.24) is 9.69 Å². The normalized spacial score (nSPS) is 10.5. The van der Waals surface area contributed by atoms with Crippen molar-refractivity contribution in [2.75, 3.05) is 29.1 Å². The summed E-state index contributed by atoms with van der Waals surface area (Å²) in [6, 6.07) is 0.0720. The minimum absolute atomic E-state index is 0.0720. The quantitative estimate of drug-likeness (QED) is 0.506. The number of amides is 1. The van der Waals surface area contributed by atoms with E-state index in [2.05, 4.69) is 21.6 Å². The summed E-state index contributed by atoms with van der Waals surface area (Å²) >= 11 is 3.00. The van der Waals surface area contributed by atoms with Crippen LogP contribution in [0.15, 0.2) is 12.7 Å². The molecule has 7 heteroatoms. The van der Waals surface area contributed by atoms with E-state index in [-0.39, 0.29) is 17.8 Å². The fourth-order valence-corrected chi connectivity index (χ4v) is 2.70. The Morgan fingerprint density at radius 2 is 2.37 bits per heavy atom. The number of anilines is 2. The predicted molar refractivity (Wildman–Crippen MR) is 85.1 cm³/mol. The number of thioether (sulfide) groups is 1. The number of nitrogen functional groups attached to an aromatic ring is 1. The summed E-state index contributed by atoms with van der Waals surface area (Å²) in [6.45, 7) is 8.25. The van der Waals surface area contributed by atoms with Crippen LogP contribution in [0.1, 0.15) is 24.2 Å². The maximum Gasteiger partial charge on any atom is 0.258 e. The smallest absolute Gasteiger partial charge is 0.258 e. The summed E-state index contributed by atoms with van der Waals surface area (Å²) in [6.07, 6.45) is 1.87. The lowest BCUT2D eigenvalue weighted by atomic mass is 10.2. The Bertz CT molecular complexity index is 431. The van der Waals surface area contributed by atoms with Gasteiger partial charge in [0.1, 0.15) is 10.6 Å². The van der Waals surface area contributed by atoms with Crippen molar-refractivity contribution in [3.63, 3.8) is 0 Å². The Hall–Kier alpha value is -1.21. The fourth-order valence-electron chi connectivity index (χ4n) is 1.38. The average Bonchev–Trinajstić information content (AvgIpc) is 2.69. The van der Waals surface area contributed by atoms with Gasteiger partial charge in [0, 0.05) is 24.1 Å². The number of carbonyl (C=O) groups excluding carboxylic acids is 1. The predicted octanol–water partition coefficient (Wildman–Crippen LogP) is 2.19. The first kappa shape index (κ1) is 15.8. The van der Waals surface area contributed by atoms with Gasteiger partial charge in [-0.1, -0.05) is 6.08 Å². The van der Waals surface area contributed by atoms with Crippen LogP contribution in [0.5, 0.6) is 0 Å². The molecule has 1 heterocycles. The zero-order valence-corrected chi connectivity index (χ0v) is 12.9. The molecule has 19 heavy (non-hydrogen) atoms. The monoisotopic (exact) mass is 300 g/mol. The van der Waals surface area contributed by atoms with Crippen molar-refractivity contribution >= 4 is 40.0 Å². The van der Waals surface area contributed by atoms with E-state index in [1.54, 1.807) is 11.8 Å². The van der Waals surface area contributed by atoms with Crippen molar-refractivity contribution in [3.05, 3.63) is 18.2 Å². The number of nitrogens with one attached hydrogen (secondary N) is 2. The lowest BCUT2D eigenvalue weighted by Gasteiger charge is -2.10. The molecule has 0 aliphatic carbocycles. The Morgan fingerprint density at radius 3 is 3.00 bits per heavy atom. The van der Waals surface area contributed by atoms with E-state index in [0.717, 1.165) is 23.1 Å². The molecule has 0 saturated heterocycles. The van der Waals surface area contributed by atoms with Crippen LogP contribution in [-0.4, -0.2) is 34.4 Å². The third-order valence-corrected chi connectivity index (χ3v) is 3.92. The molecule has 1 amide bonds. The molecular weight excluding hydrogens is 280 g/mol. The summed E-state index contributed by atoms with van der Waals surface area (Å²) in [5.41, 5.74) is 6.20. The van der Waals surface area contributed by atoms with Gasteiger partial charge in [-0.15, -0.1) is 6.58 Å². The van der Waals surface area contributed by atoms with Crippen LogP contribution in [0.25, 0.3) is 0 Å². The van der Waals surface area contributed by atoms with Gasteiger partial charge in [-0.2, -0.15) is 16.1 Å². The van der Waals surface area contributed by atoms with Gasteiger partial charge in [-0.05, 0) is 25.4 Å². The molecule has 106 valence electrons. The highest BCUT2D eigenvalue weighted by Gasteiger charge is 2.19. The summed E-state index contributed by atoms with van der Waals surface area (Å²) in [7, 11) is 0. The maximum atomic E-state index is 12.0. The molecule has 5 nitrogen and oxygen atoms in total. The molecule has 4 N–H and O–H groups in total. The average molecular weight is 300 g/mol. The number of carbonyl (C=O) groups is 1. The maximum absolute atomic E-state index is 12.0. The highest BCUT2D eigenvalue weighted by atomic mass is 32.2. The molecule has 0 bridgehead atoms. The topological polar surface area (TPSA) is 80.0 Å². The number of nitrogens with zero attached hydrogens (tertiary/aromatic N) is 1. The largest absolute Gasteiger partial charge is 0.382 e. The van der Waals surface area contributed by atoms with Gasteiger partial charge in [-0.25, -0.2) is 0 Å². The highest BCUT2D eigenvalue weighted by Crippen LogP contribution is 2.26. The number of hydrogen-bond acceptors (Lipinski definition) is 6. The standard InChI is InChI=1S/C12H20N4OS2/c1-4-6-18-7-5-14-12-9(10(13)16-19-12)11(17)15-8(2)3/h4,8,14H,1,5-7H2,2-3H3,(H2,13,16)(H,15,17). The van der Waals surface area contributed by atoms with E-state index in [9.17, 15) is 4.79 Å². The van der Waals surface area contributed by atoms with E-state index < -0.39 is 0 Å². The van der Waals surface area contributed by atoms with E-state index in [1.807, 2.05) is 19.9 Å². The Labute approximate surface area is 122 Å². The summed E-state index contributed by atoms with van der Waals surface area (Å²) < 4.78 is 4.03. The molecule has 1 rings (SSSR count). The fraction of sp³-hybridized carbons (Fsp3) is 0.500. The van der Waals surface area contributed by atoms with E-state index >= 15 is 0 Å². The van der Waals surface area contributed by atoms with Gasteiger partial charge in [0.15, 0.2) is 5.82 Å². The molecule has 0 spiro atoms. The minimum atomic E-state index is -0.178. The summed E-state index contributed by atoms with van der Waals surface area (Å²) in [5.74, 6) is 1.97. The van der Waals surface area contributed by atoms with Crippen LogP contribution < -0.4 is 16.4 Å². The van der Waals surface area contributed by atoms with Crippen LogP contribution in [0, 0.1) is 0 Å². The van der Waals surface area contributed by atoms with Gasteiger partial charge in [-0.3, -0.25) is 4.79 Å². The molecule has 0 radical (unpaired) electrons. The Kier molecular flexibility index (Phi) is 6.72.